The van der Waals surface area contributed by atoms with Crippen molar-refractivity contribution in [3.8, 4) is 5.75 Å². The van der Waals surface area contributed by atoms with Crippen LogP contribution in [0.15, 0.2) is 30.3 Å². The van der Waals surface area contributed by atoms with E-state index in [-0.39, 0.29) is 18.2 Å². The number of methoxy groups -OCH3 is 1. The number of ether oxygens (including phenoxy) is 2. The fraction of sp³-hybridized carbons (Fsp3) is 0.526. The van der Waals surface area contributed by atoms with E-state index in [1.54, 1.807) is 7.11 Å². The largest absolute Gasteiger partial charge is 0.497 e. The molecule has 0 aliphatic carbocycles. The van der Waals surface area contributed by atoms with Gasteiger partial charge >= 0.3 is 6.09 Å². The van der Waals surface area contributed by atoms with E-state index in [9.17, 15) is 4.79 Å². The van der Waals surface area contributed by atoms with E-state index < -0.39 is 5.60 Å². The van der Waals surface area contributed by atoms with E-state index in [4.69, 9.17) is 9.47 Å². The van der Waals surface area contributed by atoms with Crippen LogP contribution in [0.5, 0.6) is 5.75 Å². The number of benzene rings is 1. The van der Waals surface area contributed by atoms with Crippen LogP contribution in [-0.4, -0.2) is 35.8 Å². The van der Waals surface area contributed by atoms with Crippen LogP contribution in [0.4, 0.5) is 4.79 Å². The Morgan fingerprint density at radius 2 is 1.87 bits per heavy atom. The molecule has 3 rings (SSSR count). The van der Waals surface area contributed by atoms with Gasteiger partial charge in [0.2, 0.25) is 0 Å². The normalized spacial score (nSPS) is 23.5. The molecule has 2 aliphatic heterocycles. The zero-order valence-electron chi connectivity index (χ0n) is 14.3. The Bertz CT molecular complexity index is 612. The van der Waals surface area contributed by atoms with Crippen molar-refractivity contribution >= 4 is 11.7 Å². The molecule has 2 atom stereocenters. The van der Waals surface area contributed by atoms with Gasteiger partial charge in [0.05, 0.1) is 13.2 Å². The van der Waals surface area contributed by atoms with Gasteiger partial charge in [-0.1, -0.05) is 18.2 Å². The minimum absolute atomic E-state index is 0.153. The number of nitrogens with zero attached hydrogens (tertiary/aromatic N) is 1. The molecule has 4 nitrogen and oxygen atoms in total. The third kappa shape index (κ3) is 3.36. The fourth-order valence-electron chi connectivity index (χ4n) is 3.45. The molecule has 0 aromatic heterocycles. The van der Waals surface area contributed by atoms with Gasteiger partial charge in [-0.3, -0.25) is 4.90 Å². The smallest absolute Gasteiger partial charge is 0.411 e. The minimum atomic E-state index is -0.448. The number of hydrogen-bond donors (Lipinski definition) is 0. The van der Waals surface area contributed by atoms with Gasteiger partial charge in [0.1, 0.15) is 11.4 Å². The van der Waals surface area contributed by atoms with Crippen molar-refractivity contribution in [3.05, 3.63) is 35.9 Å². The van der Waals surface area contributed by atoms with Gasteiger partial charge in [0, 0.05) is 6.04 Å². The Balaban J connectivity index is 1.78. The molecule has 0 saturated carbocycles. The summed E-state index contributed by atoms with van der Waals surface area (Å²) >= 11 is 0. The molecule has 4 heteroatoms. The van der Waals surface area contributed by atoms with Crippen LogP contribution in [0.25, 0.3) is 5.57 Å². The molecule has 1 aromatic rings. The zero-order valence-corrected chi connectivity index (χ0v) is 14.3. The summed E-state index contributed by atoms with van der Waals surface area (Å²) in [6.07, 6.45) is 5.00. The first kappa shape index (κ1) is 15.9. The van der Waals surface area contributed by atoms with Gasteiger partial charge in [-0.2, -0.15) is 0 Å². The van der Waals surface area contributed by atoms with Crippen molar-refractivity contribution < 1.29 is 14.3 Å². The first-order valence-electron chi connectivity index (χ1n) is 8.24. The van der Waals surface area contributed by atoms with Crippen molar-refractivity contribution in [1.29, 1.82) is 0 Å². The van der Waals surface area contributed by atoms with Crippen LogP contribution in [0.1, 0.15) is 45.6 Å². The van der Waals surface area contributed by atoms with E-state index in [0.29, 0.717) is 0 Å². The molecule has 0 N–H and O–H groups in total. The molecule has 2 heterocycles. The first-order valence-corrected chi connectivity index (χ1v) is 8.24. The van der Waals surface area contributed by atoms with Crippen LogP contribution in [-0.2, 0) is 4.74 Å². The van der Waals surface area contributed by atoms with Crippen LogP contribution in [0.3, 0.4) is 0 Å². The maximum absolute atomic E-state index is 12.5. The molecule has 124 valence electrons. The maximum atomic E-state index is 12.5. The standard InChI is InChI=1S/C19H25NO3/c1-19(2,3)23-18(21)20-15-7-8-16(20)12-14(11-15)13-5-9-17(22-4)10-6-13/h5-6,9-11,15-16H,7-8,12H2,1-4H3/t15-,16+/m0/s1. The number of carbonyl (C=O) groups is 1. The summed E-state index contributed by atoms with van der Waals surface area (Å²) in [7, 11) is 1.67. The van der Waals surface area contributed by atoms with Gasteiger partial charge < -0.3 is 9.47 Å². The third-order valence-corrected chi connectivity index (χ3v) is 4.46. The van der Waals surface area contributed by atoms with Crippen LogP contribution in [0.2, 0.25) is 0 Å². The second-order valence-electron chi connectivity index (χ2n) is 7.31. The van der Waals surface area contributed by atoms with E-state index >= 15 is 0 Å². The Morgan fingerprint density at radius 1 is 1.17 bits per heavy atom. The number of rotatable bonds is 2. The summed E-state index contributed by atoms with van der Waals surface area (Å²) in [4.78, 5) is 14.4. The lowest BCUT2D eigenvalue weighted by Gasteiger charge is -2.35. The molecule has 1 saturated heterocycles. The second kappa shape index (κ2) is 5.91. The number of amides is 1. The maximum Gasteiger partial charge on any atom is 0.411 e. The molecule has 0 radical (unpaired) electrons. The van der Waals surface area contributed by atoms with Crippen molar-refractivity contribution in [2.24, 2.45) is 0 Å². The summed E-state index contributed by atoms with van der Waals surface area (Å²) < 4.78 is 10.8. The van der Waals surface area contributed by atoms with Gasteiger partial charge in [0.15, 0.2) is 0 Å². The molecule has 23 heavy (non-hydrogen) atoms. The second-order valence-corrected chi connectivity index (χ2v) is 7.31. The first-order chi connectivity index (χ1) is 10.9. The van der Waals surface area contributed by atoms with Crippen molar-refractivity contribution in [1.82, 2.24) is 4.90 Å². The summed E-state index contributed by atoms with van der Waals surface area (Å²) in [6.45, 7) is 5.74. The third-order valence-electron chi connectivity index (χ3n) is 4.46. The highest BCUT2D eigenvalue weighted by Gasteiger charge is 2.41. The van der Waals surface area contributed by atoms with Gasteiger partial charge in [-0.15, -0.1) is 0 Å². The van der Waals surface area contributed by atoms with Gasteiger partial charge in [-0.05, 0) is 63.3 Å². The number of fused-ring (bicyclic) bond motifs is 2. The van der Waals surface area contributed by atoms with Gasteiger partial charge in [0.25, 0.3) is 0 Å². The average molecular weight is 315 g/mol. The molecule has 0 spiro atoms. The lowest BCUT2D eigenvalue weighted by Crippen LogP contribution is -2.45. The molecule has 2 bridgehead atoms. The molecule has 0 unspecified atom stereocenters. The Labute approximate surface area is 138 Å². The summed E-state index contributed by atoms with van der Waals surface area (Å²) in [5.74, 6) is 0.864. The molecule has 1 amide bonds. The molecule has 2 aliphatic rings. The summed E-state index contributed by atoms with van der Waals surface area (Å²) in [5.41, 5.74) is 2.09. The fourth-order valence-corrected chi connectivity index (χ4v) is 3.45. The number of carbonyl (C=O) groups excluding carboxylic acids is 1. The van der Waals surface area contributed by atoms with Crippen molar-refractivity contribution in [2.75, 3.05) is 7.11 Å². The quantitative estimate of drug-likeness (QED) is 0.819. The lowest BCUT2D eigenvalue weighted by atomic mass is 9.95. The number of hydrogen-bond acceptors (Lipinski definition) is 3. The van der Waals surface area contributed by atoms with E-state index in [1.807, 2.05) is 37.8 Å². The zero-order chi connectivity index (χ0) is 16.6. The Morgan fingerprint density at radius 3 is 2.43 bits per heavy atom. The van der Waals surface area contributed by atoms with E-state index in [1.165, 1.54) is 11.1 Å². The van der Waals surface area contributed by atoms with Crippen LogP contribution < -0.4 is 4.74 Å². The summed E-state index contributed by atoms with van der Waals surface area (Å²) in [6, 6.07) is 8.55. The topological polar surface area (TPSA) is 38.8 Å². The highest BCUT2D eigenvalue weighted by molar-refractivity contribution is 5.75. The Kier molecular flexibility index (Phi) is 4.09. The monoisotopic (exact) mass is 315 g/mol. The van der Waals surface area contributed by atoms with E-state index in [2.05, 4.69) is 18.2 Å². The SMILES string of the molecule is COc1ccc(C2=C[C@@H]3CC[C@H](C2)N3C(=O)OC(C)(C)C)cc1. The van der Waals surface area contributed by atoms with Crippen molar-refractivity contribution in [2.45, 2.75) is 57.7 Å². The predicted octanol–water partition coefficient (Wildman–Crippen LogP) is 4.25. The van der Waals surface area contributed by atoms with E-state index in [0.717, 1.165) is 25.0 Å². The highest BCUT2D eigenvalue weighted by Crippen LogP contribution is 2.39. The van der Waals surface area contributed by atoms with Crippen molar-refractivity contribution in [3.63, 3.8) is 0 Å². The Hall–Kier alpha value is -1.97. The molecule has 1 aromatic carbocycles. The minimum Gasteiger partial charge on any atom is -0.497 e. The molecular formula is C19H25NO3. The van der Waals surface area contributed by atoms with Crippen LogP contribution >= 0.6 is 0 Å². The average Bonchev–Trinajstić information content (AvgIpc) is 2.76. The lowest BCUT2D eigenvalue weighted by molar-refractivity contribution is 0.0175. The van der Waals surface area contributed by atoms with Gasteiger partial charge in [-0.25, -0.2) is 4.79 Å². The molecular weight excluding hydrogens is 290 g/mol. The molecule has 1 fully saturated rings. The predicted molar refractivity (Wildman–Crippen MR) is 90.5 cm³/mol. The van der Waals surface area contributed by atoms with Crippen LogP contribution in [0, 0.1) is 0 Å². The summed E-state index contributed by atoms with van der Waals surface area (Å²) in [5, 5.41) is 0. The highest BCUT2D eigenvalue weighted by atomic mass is 16.6.